The molecule has 4 nitrogen and oxygen atoms in total. The van der Waals surface area contributed by atoms with E-state index in [4.69, 9.17) is 0 Å². The number of nitrogens with one attached hydrogen (secondary N) is 1. The van der Waals surface area contributed by atoms with E-state index in [1.54, 1.807) is 19.9 Å². The molecule has 1 aromatic carbocycles. The number of hydrogen-bond acceptors (Lipinski definition) is 2. The molecule has 0 unspecified atom stereocenters. The van der Waals surface area contributed by atoms with E-state index in [0.717, 1.165) is 0 Å². The minimum absolute atomic E-state index is 0.0412. The number of likely N-dealkylation sites (N-methyl/N-ethyl adjacent to an activating group) is 2. The van der Waals surface area contributed by atoms with Crippen LogP contribution in [0.15, 0.2) is 22.7 Å². The van der Waals surface area contributed by atoms with Crippen molar-refractivity contribution in [1.82, 2.24) is 10.2 Å². The van der Waals surface area contributed by atoms with Crippen molar-refractivity contribution in [2.45, 2.75) is 13.8 Å². The van der Waals surface area contributed by atoms with E-state index < -0.39 is 11.7 Å². The molecule has 1 aromatic rings. The van der Waals surface area contributed by atoms with Crippen LogP contribution < -0.4 is 5.32 Å². The highest BCUT2D eigenvalue weighted by Gasteiger charge is 2.21. The van der Waals surface area contributed by atoms with Gasteiger partial charge in [-0.15, -0.1) is 0 Å². The maximum absolute atomic E-state index is 13.8. The molecule has 0 aliphatic carbocycles. The van der Waals surface area contributed by atoms with E-state index in [1.165, 1.54) is 17.0 Å². The molecule has 0 aromatic heterocycles. The fourth-order valence-corrected chi connectivity index (χ4v) is 1.96. The monoisotopic (exact) mass is 330 g/mol. The van der Waals surface area contributed by atoms with E-state index in [0.29, 0.717) is 13.1 Å². The quantitative estimate of drug-likeness (QED) is 0.899. The van der Waals surface area contributed by atoms with Gasteiger partial charge in [0.15, 0.2) is 0 Å². The molecule has 2 amide bonds. The molecule has 0 atom stereocenters. The summed E-state index contributed by atoms with van der Waals surface area (Å²) in [5, 5.41) is 2.61. The van der Waals surface area contributed by atoms with Gasteiger partial charge in [0, 0.05) is 13.1 Å². The van der Waals surface area contributed by atoms with Crippen molar-refractivity contribution in [2.75, 3.05) is 19.6 Å². The van der Waals surface area contributed by atoms with Crippen LogP contribution >= 0.6 is 15.9 Å². The molecule has 0 fully saturated rings. The van der Waals surface area contributed by atoms with Crippen molar-refractivity contribution in [3.05, 3.63) is 34.1 Å². The highest BCUT2D eigenvalue weighted by Crippen LogP contribution is 2.19. The van der Waals surface area contributed by atoms with E-state index in [9.17, 15) is 14.0 Å². The number of hydrogen-bond donors (Lipinski definition) is 1. The summed E-state index contributed by atoms with van der Waals surface area (Å²) in [7, 11) is 0. The minimum Gasteiger partial charge on any atom is -0.355 e. The summed E-state index contributed by atoms with van der Waals surface area (Å²) >= 11 is 3.04. The SMILES string of the molecule is CCNC(=O)CN(CC)C(=O)c1cccc(Br)c1F. The molecule has 104 valence electrons. The van der Waals surface area contributed by atoms with E-state index >= 15 is 0 Å². The molecule has 0 bridgehead atoms. The standard InChI is InChI=1S/C13H16BrFN2O2/c1-3-16-11(18)8-17(4-2)13(19)9-6-5-7-10(14)12(9)15/h5-7H,3-4,8H2,1-2H3,(H,16,18). The summed E-state index contributed by atoms with van der Waals surface area (Å²) in [4.78, 5) is 25.0. The second-order valence-electron chi connectivity index (χ2n) is 3.87. The van der Waals surface area contributed by atoms with Gasteiger partial charge in [0.1, 0.15) is 5.82 Å². The number of amides is 2. The van der Waals surface area contributed by atoms with Gasteiger partial charge in [0.05, 0.1) is 16.6 Å². The average Bonchev–Trinajstić information content (AvgIpc) is 2.39. The maximum Gasteiger partial charge on any atom is 0.257 e. The Morgan fingerprint density at radius 2 is 2.05 bits per heavy atom. The second kappa shape index (κ2) is 7.23. The van der Waals surface area contributed by atoms with Crippen molar-refractivity contribution in [2.24, 2.45) is 0 Å². The van der Waals surface area contributed by atoms with Crippen LogP contribution in [-0.2, 0) is 4.79 Å². The van der Waals surface area contributed by atoms with Gasteiger partial charge in [-0.3, -0.25) is 9.59 Å². The second-order valence-corrected chi connectivity index (χ2v) is 4.73. The van der Waals surface area contributed by atoms with Crippen molar-refractivity contribution in [3.8, 4) is 0 Å². The Hall–Kier alpha value is -1.43. The van der Waals surface area contributed by atoms with Crippen LogP contribution in [0.4, 0.5) is 4.39 Å². The highest BCUT2D eigenvalue weighted by molar-refractivity contribution is 9.10. The normalized spacial score (nSPS) is 10.1. The lowest BCUT2D eigenvalue weighted by molar-refractivity contribution is -0.121. The number of halogens is 2. The van der Waals surface area contributed by atoms with Crippen molar-refractivity contribution < 1.29 is 14.0 Å². The minimum atomic E-state index is -0.609. The third-order valence-corrected chi connectivity index (χ3v) is 3.17. The molecule has 0 saturated carbocycles. The van der Waals surface area contributed by atoms with Crippen LogP contribution in [0.25, 0.3) is 0 Å². The van der Waals surface area contributed by atoms with Gasteiger partial charge < -0.3 is 10.2 Å². The number of nitrogens with zero attached hydrogens (tertiary/aromatic N) is 1. The first-order chi connectivity index (χ1) is 9.01. The van der Waals surface area contributed by atoms with Crippen LogP contribution in [-0.4, -0.2) is 36.3 Å². The highest BCUT2D eigenvalue weighted by atomic mass is 79.9. The Labute approximate surface area is 120 Å². The predicted molar refractivity (Wildman–Crippen MR) is 74.4 cm³/mol. The lowest BCUT2D eigenvalue weighted by Crippen LogP contribution is -2.40. The van der Waals surface area contributed by atoms with E-state index in [-0.39, 0.29) is 22.5 Å². The van der Waals surface area contributed by atoms with Gasteiger partial charge in [-0.2, -0.15) is 0 Å². The zero-order chi connectivity index (χ0) is 14.4. The van der Waals surface area contributed by atoms with Gasteiger partial charge in [-0.05, 0) is 41.9 Å². The van der Waals surface area contributed by atoms with Crippen LogP contribution in [0.1, 0.15) is 24.2 Å². The molecule has 0 saturated heterocycles. The zero-order valence-electron chi connectivity index (χ0n) is 10.9. The van der Waals surface area contributed by atoms with Crippen molar-refractivity contribution in [3.63, 3.8) is 0 Å². The Morgan fingerprint density at radius 1 is 1.37 bits per heavy atom. The molecule has 19 heavy (non-hydrogen) atoms. The number of rotatable bonds is 5. The van der Waals surface area contributed by atoms with E-state index in [2.05, 4.69) is 21.2 Å². The molecule has 0 heterocycles. The molecule has 0 spiro atoms. The summed E-state index contributed by atoms with van der Waals surface area (Å²) in [6.07, 6.45) is 0. The molecule has 0 aliphatic heterocycles. The lowest BCUT2D eigenvalue weighted by atomic mass is 10.2. The molecular weight excluding hydrogens is 315 g/mol. The molecule has 0 aliphatic rings. The van der Waals surface area contributed by atoms with Gasteiger partial charge in [-0.25, -0.2) is 4.39 Å². The summed E-state index contributed by atoms with van der Waals surface area (Å²) in [6.45, 7) is 4.30. The number of carbonyl (C=O) groups is 2. The van der Waals surface area contributed by atoms with Gasteiger partial charge in [0.25, 0.3) is 5.91 Å². The molecule has 1 rings (SSSR count). The summed E-state index contributed by atoms with van der Waals surface area (Å²) in [6, 6.07) is 4.51. The molecule has 1 N–H and O–H groups in total. The number of carbonyl (C=O) groups excluding carboxylic acids is 2. The Morgan fingerprint density at radius 3 is 2.63 bits per heavy atom. The first-order valence-corrected chi connectivity index (χ1v) is 6.80. The van der Waals surface area contributed by atoms with Crippen LogP contribution in [0.2, 0.25) is 0 Å². The summed E-state index contributed by atoms with van der Waals surface area (Å²) in [5.41, 5.74) is -0.0412. The fourth-order valence-electron chi connectivity index (χ4n) is 1.59. The first-order valence-electron chi connectivity index (χ1n) is 6.01. The molecule has 0 radical (unpaired) electrons. The smallest absolute Gasteiger partial charge is 0.257 e. The average molecular weight is 331 g/mol. The first kappa shape index (κ1) is 15.6. The van der Waals surface area contributed by atoms with E-state index in [1.807, 2.05) is 0 Å². The summed E-state index contributed by atoms with van der Waals surface area (Å²) in [5.74, 6) is -1.36. The van der Waals surface area contributed by atoms with Gasteiger partial charge in [0.2, 0.25) is 5.91 Å². The number of benzene rings is 1. The Bertz CT molecular complexity index is 480. The van der Waals surface area contributed by atoms with Crippen LogP contribution in [0, 0.1) is 5.82 Å². The molecular formula is C13H16BrFN2O2. The Kier molecular flexibility index (Phi) is 5.95. The lowest BCUT2D eigenvalue weighted by Gasteiger charge is -2.20. The maximum atomic E-state index is 13.8. The fraction of sp³-hybridized carbons (Fsp3) is 0.385. The largest absolute Gasteiger partial charge is 0.355 e. The third kappa shape index (κ3) is 4.02. The van der Waals surface area contributed by atoms with Crippen molar-refractivity contribution >= 4 is 27.7 Å². The van der Waals surface area contributed by atoms with Crippen LogP contribution in [0.5, 0.6) is 0 Å². The zero-order valence-corrected chi connectivity index (χ0v) is 12.5. The summed E-state index contributed by atoms with van der Waals surface area (Å²) < 4.78 is 14.1. The van der Waals surface area contributed by atoms with Gasteiger partial charge in [-0.1, -0.05) is 6.07 Å². The van der Waals surface area contributed by atoms with Gasteiger partial charge >= 0.3 is 0 Å². The topological polar surface area (TPSA) is 49.4 Å². The van der Waals surface area contributed by atoms with Crippen molar-refractivity contribution in [1.29, 1.82) is 0 Å². The molecule has 6 heteroatoms. The predicted octanol–water partition coefficient (Wildman–Crippen LogP) is 2.19. The van der Waals surface area contributed by atoms with Crippen LogP contribution in [0.3, 0.4) is 0 Å². The third-order valence-electron chi connectivity index (χ3n) is 2.56. The Balaban J connectivity index is 2.89.